The lowest BCUT2D eigenvalue weighted by Crippen LogP contribution is -2.16. The standard InChI is InChI=1S/C19H24ClN3O5S/c1-23-19(25)15(16(22-23)11-4-5-11)18(24)12-6-7-14(20)17(21-8-9-28-2)13(12)10-29(3,26)27/h6-7,11,21,25H,4-5,8-10H2,1-3H3. The Morgan fingerprint density at radius 3 is 2.69 bits per heavy atom. The number of aromatic hydroxyl groups is 1. The quantitative estimate of drug-likeness (QED) is 0.454. The molecule has 10 heteroatoms. The number of hydrogen-bond acceptors (Lipinski definition) is 7. The van der Waals surface area contributed by atoms with Crippen molar-refractivity contribution in [3.63, 3.8) is 0 Å². The van der Waals surface area contributed by atoms with Gasteiger partial charge in [-0.1, -0.05) is 11.6 Å². The number of carbonyl (C=O) groups excluding carboxylic acids is 1. The zero-order chi connectivity index (χ0) is 21.3. The lowest BCUT2D eigenvalue weighted by molar-refractivity contribution is 0.103. The molecule has 1 heterocycles. The third-order valence-corrected chi connectivity index (χ3v) is 5.88. The topological polar surface area (TPSA) is 111 Å². The Kier molecular flexibility index (Phi) is 6.21. The lowest BCUT2D eigenvalue weighted by atomic mass is 9.96. The molecule has 0 saturated heterocycles. The minimum Gasteiger partial charge on any atom is -0.493 e. The van der Waals surface area contributed by atoms with Crippen molar-refractivity contribution in [3.05, 3.63) is 39.5 Å². The van der Waals surface area contributed by atoms with Crippen LogP contribution < -0.4 is 5.32 Å². The monoisotopic (exact) mass is 441 g/mol. The van der Waals surface area contributed by atoms with Crippen molar-refractivity contribution in [1.82, 2.24) is 9.78 Å². The molecule has 1 aromatic heterocycles. The molecule has 1 aliphatic carbocycles. The first-order chi connectivity index (χ1) is 13.6. The van der Waals surface area contributed by atoms with Crippen LogP contribution in [0.4, 0.5) is 5.69 Å². The number of halogens is 1. The summed E-state index contributed by atoms with van der Waals surface area (Å²) in [6.45, 7) is 0.762. The van der Waals surface area contributed by atoms with E-state index in [1.54, 1.807) is 20.2 Å². The molecule has 8 nitrogen and oxygen atoms in total. The molecule has 29 heavy (non-hydrogen) atoms. The van der Waals surface area contributed by atoms with Gasteiger partial charge in [0.05, 0.1) is 28.8 Å². The smallest absolute Gasteiger partial charge is 0.220 e. The highest BCUT2D eigenvalue weighted by molar-refractivity contribution is 7.89. The minimum atomic E-state index is -3.47. The summed E-state index contributed by atoms with van der Waals surface area (Å²) in [6, 6.07) is 3.04. The van der Waals surface area contributed by atoms with E-state index in [1.165, 1.54) is 10.7 Å². The molecule has 0 bridgehead atoms. The molecular weight excluding hydrogens is 418 g/mol. The zero-order valence-electron chi connectivity index (χ0n) is 16.5. The first-order valence-electron chi connectivity index (χ1n) is 9.16. The van der Waals surface area contributed by atoms with E-state index in [9.17, 15) is 18.3 Å². The number of methoxy groups -OCH3 is 1. The summed E-state index contributed by atoms with van der Waals surface area (Å²) in [6.07, 6.45) is 2.90. The Balaban J connectivity index is 2.13. The van der Waals surface area contributed by atoms with Gasteiger partial charge in [-0.05, 0) is 25.0 Å². The maximum atomic E-state index is 13.4. The second kappa shape index (κ2) is 8.33. The number of sulfone groups is 1. The maximum absolute atomic E-state index is 13.4. The fraction of sp³-hybridized carbons (Fsp3) is 0.474. The van der Waals surface area contributed by atoms with Gasteiger partial charge in [-0.3, -0.25) is 4.79 Å². The average Bonchev–Trinajstić information content (AvgIpc) is 3.42. The Morgan fingerprint density at radius 2 is 2.10 bits per heavy atom. The molecule has 0 spiro atoms. The second-order valence-electron chi connectivity index (χ2n) is 7.25. The fourth-order valence-electron chi connectivity index (χ4n) is 3.24. The summed E-state index contributed by atoms with van der Waals surface area (Å²) in [5, 5.41) is 18.1. The van der Waals surface area contributed by atoms with Crippen molar-refractivity contribution in [2.24, 2.45) is 7.05 Å². The molecule has 0 radical (unpaired) electrons. The van der Waals surface area contributed by atoms with Gasteiger partial charge >= 0.3 is 0 Å². The van der Waals surface area contributed by atoms with Crippen LogP contribution in [0.3, 0.4) is 0 Å². The summed E-state index contributed by atoms with van der Waals surface area (Å²) in [5.41, 5.74) is 1.48. The molecule has 0 aliphatic heterocycles. The summed E-state index contributed by atoms with van der Waals surface area (Å²) >= 11 is 6.31. The maximum Gasteiger partial charge on any atom is 0.220 e. The Labute approximate surface area is 174 Å². The van der Waals surface area contributed by atoms with E-state index in [0.29, 0.717) is 29.6 Å². The van der Waals surface area contributed by atoms with Crippen LogP contribution in [0.25, 0.3) is 0 Å². The molecule has 1 aromatic carbocycles. The van der Waals surface area contributed by atoms with Gasteiger partial charge in [0.1, 0.15) is 5.56 Å². The molecule has 3 rings (SSSR count). The molecular formula is C19H24ClN3O5S. The SMILES string of the molecule is COCCNc1c(Cl)ccc(C(=O)c2c(C3CC3)nn(C)c2O)c1CS(C)(=O)=O. The molecule has 0 unspecified atom stereocenters. The van der Waals surface area contributed by atoms with E-state index in [1.807, 2.05) is 0 Å². The fourth-order valence-corrected chi connectivity index (χ4v) is 4.31. The van der Waals surface area contributed by atoms with Crippen LogP contribution in [-0.4, -0.2) is 55.6 Å². The second-order valence-corrected chi connectivity index (χ2v) is 9.80. The van der Waals surface area contributed by atoms with E-state index in [-0.39, 0.29) is 34.2 Å². The number of aromatic nitrogens is 2. The summed E-state index contributed by atoms with van der Waals surface area (Å²) in [4.78, 5) is 13.4. The molecule has 1 saturated carbocycles. The van der Waals surface area contributed by atoms with Gasteiger partial charge < -0.3 is 15.2 Å². The van der Waals surface area contributed by atoms with E-state index >= 15 is 0 Å². The van der Waals surface area contributed by atoms with Crippen LogP contribution in [0.15, 0.2) is 12.1 Å². The summed E-state index contributed by atoms with van der Waals surface area (Å²) < 4.78 is 30.5. The van der Waals surface area contributed by atoms with Crippen LogP contribution in [0.1, 0.15) is 45.9 Å². The van der Waals surface area contributed by atoms with Crippen molar-refractivity contribution >= 4 is 32.9 Å². The van der Waals surface area contributed by atoms with E-state index < -0.39 is 15.6 Å². The molecule has 0 atom stereocenters. The van der Waals surface area contributed by atoms with Crippen LogP contribution in [0.5, 0.6) is 5.88 Å². The highest BCUT2D eigenvalue weighted by Gasteiger charge is 2.35. The number of benzene rings is 1. The number of nitrogens with one attached hydrogen (secondary N) is 1. The molecule has 2 N–H and O–H groups in total. The van der Waals surface area contributed by atoms with E-state index in [0.717, 1.165) is 19.1 Å². The molecule has 0 amide bonds. The lowest BCUT2D eigenvalue weighted by Gasteiger charge is -2.17. The molecule has 1 aliphatic rings. The normalized spacial score (nSPS) is 14.2. The third-order valence-electron chi connectivity index (χ3n) is 4.76. The van der Waals surface area contributed by atoms with Gasteiger partial charge in [0.2, 0.25) is 11.7 Å². The van der Waals surface area contributed by atoms with Gasteiger partial charge in [-0.25, -0.2) is 13.1 Å². The van der Waals surface area contributed by atoms with Crippen LogP contribution in [-0.2, 0) is 27.4 Å². The number of hydrogen-bond donors (Lipinski definition) is 2. The van der Waals surface area contributed by atoms with E-state index in [4.69, 9.17) is 16.3 Å². The Hall–Kier alpha value is -2.10. The number of anilines is 1. The largest absolute Gasteiger partial charge is 0.493 e. The van der Waals surface area contributed by atoms with Crippen molar-refractivity contribution in [2.45, 2.75) is 24.5 Å². The van der Waals surface area contributed by atoms with Gasteiger partial charge in [-0.15, -0.1) is 0 Å². The van der Waals surface area contributed by atoms with Crippen molar-refractivity contribution in [1.29, 1.82) is 0 Å². The first kappa shape index (κ1) is 21.6. The highest BCUT2D eigenvalue weighted by atomic mass is 35.5. The predicted octanol–water partition coefficient (Wildman–Crippen LogP) is 2.49. The number of nitrogens with zero attached hydrogens (tertiary/aromatic N) is 2. The number of carbonyl (C=O) groups is 1. The zero-order valence-corrected chi connectivity index (χ0v) is 18.1. The first-order valence-corrected chi connectivity index (χ1v) is 11.6. The van der Waals surface area contributed by atoms with Gasteiger partial charge in [-0.2, -0.15) is 5.10 Å². The van der Waals surface area contributed by atoms with Crippen molar-refractivity contribution < 1.29 is 23.1 Å². The minimum absolute atomic E-state index is 0.120. The van der Waals surface area contributed by atoms with Crippen molar-refractivity contribution in [3.8, 4) is 5.88 Å². The summed E-state index contributed by atoms with van der Waals surface area (Å²) in [5.74, 6) is -0.941. The Morgan fingerprint density at radius 1 is 1.41 bits per heavy atom. The van der Waals surface area contributed by atoms with Gasteiger partial charge in [0.15, 0.2) is 9.84 Å². The molecule has 2 aromatic rings. The predicted molar refractivity (Wildman–Crippen MR) is 111 cm³/mol. The van der Waals surface area contributed by atoms with Crippen LogP contribution in [0.2, 0.25) is 5.02 Å². The van der Waals surface area contributed by atoms with Gasteiger partial charge in [0, 0.05) is 44.0 Å². The Bertz CT molecular complexity index is 1040. The highest BCUT2D eigenvalue weighted by Crippen LogP contribution is 2.44. The van der Waals surface area contributed by atoms with Crippen LogP contribution >= 0.6 is 11.6 Å². The van der Waals surface area contributed by atoms with Crippen LogP contribution in [0, 0.1) is 0 Å². The number of rotatable bonds is 9. The molecule has 158 valence electrons. The number of aryl methyl sites for hydroxylation is 1. The van der Waals surface area contributed by atoms with E-state index in [2.05, 4.69) is 10.4 Å². The third kappa shape index (κ3) is 4.73. The number of ether oxygens (including phenoxy) is 1. The van der Waals surface area contributed by atoms with Gasteiger partial charge in [0.25, 0.3) is 0 Å². The number of ketones is 1. The summed E-state index contributed by atoms with van der Waals surface area (Å²) in [7, 11) is -0.358. The van der Waals surface area contributed by atoms with Crippen molar-refractivity contribution in [2.75, 3.05) is 31.8 Å². The average molecular weight is 442 g/mol. The molecule has 1 fully saturated rings.